The normalized spacial score (nSPS) is 17.2. The minimum Gasteiger partial charge on any atom is -0.360 e. The van der Waals surface area contributed by atoms with Gasteiger partial charge in [-0.2, -0.15) is 0 Å². The molecule has 1 aliphatic heterocycles. The lowest BCUT2D eigenvalue weighted by Gasteiger charge is -2.29. The van der Waals surface area contributed by atoms with E-state index in [1.807, 2.05) is 0 Å². The van der Waals surface area contributed by atoms with Gasteiger partial charge in [0.15, 0.2) is 5.82 Å². The van der Waals surface area contributed by atoms with Gasteiger partial charge in [-0.3, -0.25) is 9.69 Å². The molecule has 0 radical (unpaired) electrons. The fraction of sp³-hybridized carbons (Fsp3) is 0.636. The van der Waals surface area contributed by atoms with E-state index in [1.54, 1.807) is 13.0 Å². The van der Waals surface area contributed by atoms with E-state index in [9.17, 15) is 4.79 Å². The highest BCUT2D eigenvalue weighted by Crippen LogP contribution is 2.09. The summed E-state index contributed by atoms with van der Waals surface area (Å²) in [6.07, 6.45) is 1.91. The molecule has 3 N–H and O–H groups in total. The van der Waals surface area contributed by atoms with Crippen molar-refractivity contribution in [3.05, 3.63) is 11.8 Å². The van der Waals surface area contributed by atoms with Gasteiger partial charge in [0, 0.05) is 25.2 Å². The highest BCUT2D eigenvalue weighted by Gasteiger charge is 2.18. The number of aromatic nitrogens is 1. The largest absolute Gasteiger partial charge is 0.360 e. The summed E-state index contributed by atoms with van der Waals surface area (Å²) in [6, 6.07) is 1.98. The van der Waals surface area contributed by atoms with Crippen molar-refractivity contribution in [2.75, 3.05) is 25.0 Å². The maximum Gasteiger partial charge on any atom is 0.239 e. The van der Waals surface area contributed by atoms with Crippen LogP contribution in [0, 0.1) is 6.92 Å². The van der Waals surface area contributed by atoms with Gasteiger partial charge in [-0.05, 0) is 19.8 Å². The van der Waals surface area contributed by atoms with Crippen LogP contribution in [0.4, 0.5) is 5.82 Å². The lowest BCUT2D eigenvalue weighted by molar-refractivity contribution is -0.117. The third-order valence-corrected chi connectivity index (χ3v) is 2.89. The van der Waals surface area contributed by atoms with Crippen molar-refractivity contribution in [3.63, 3.8) is 0 Å². The molecule has 1 fully saturated rings. The molecular formula is C11H19ClN4O2. The summed E-state index contributed by atoms with van der Waals surface area (Å²) in [4.78, 5) is 13.8. The van der Waals surface area contributed by atoms with Crippen molar-refractivity contribution < 1.29 is 9.32 Å². The van der Waals surface area contributed by atoms with Crippen LogP contribution in [-0.2, 0) is 4.79 Å². The summed E-state index contributed by atoms with van der Waals surface area (Å²) in [7, 11) is 0. The highest BCUT2D eigenvalue weighted by molar-refractivity contribution is 5.91. The fourth-order valence-corrected chi connectivity index (χ4v) is 1.92. The van der Waals surface area contributed by atoms with E-state index in [1.165, 1.54) is 0 Å². The Morgan fingerprint density at radius 3 is 2.83 bits per heavy atom. The van der Waals surface area contributed by atoms with Gasteiger partial charge in [0.1, 0.15) is 5.76 Å². The average molecular weight is 275 g/mol. The molecule has 0 aromatic carbocycles. The third kappa shape index (κ3) is 4.29. The molecule has 2 rings (SSSR count). The number of piperidine rings is 1. The molecule has 1 aliphatic rings. The van der Waals surface area contributed by atoms with Crippen LogP contribution in [0.2, 0.25) is 0 Å². The Morgan fingerprint density at radius 1 is 1.61 bits per heavy atom. The van der Waals surface area contributed by atoms with Crippen LogP contribution in [0.5, 0.6) is 0 Å². The molecule has 102 valence electrons. The number of likely N-dealkylation sites (tertiary alicyclic amines) is 1. The molecule has 0 aliphatic carbocycles. The predicted molar refractivity (Wildman–Crippen MR) is 70.8 cm³/mol. The van der Waals surface area contributed by atoms with Gasteiger partial charge >= 0.3 is 0 Å². The van der Waals surface area contributed by atoms with Crippen LogP contribution < -0.4 is 11.1 Å². The Hall–Kier alpha value is -1.11. The van der Waals surface area contributed by atoms with E-state index in [0.29, 0.717) is 18.1 Å². The Bertz CT molecular complexity index is 388. The van der Waals surface area contributed by atoms with E-state index in [0.717, 1.165) is 25.9 Å². The van der Waals surface area contributed by atoms with Crippen molar-refractivity contribution in [1.82, 2.24) is 10.1 Å². The second kappa shape index (κ2) is 6.72. The van der Waals surface area contributed by atoms with Gasteiger partial charge in [0.05, 0.1) is 6.54 Å². The van der Waals surface area contributed by atoms with E-state index >= 15 is 0 Å². The predicted octanol–water partition coefficient (Wildman–Crippen LogP) is 0.766. The zero-order valence-corrected chi connectivity index (χ0v) is 11.2. The smallest absolute Gasteiger partial charge is 0.239 e. The molecule has 0 saturated carbocycles. The van der Waals surface area contributed by atoms with Crippen molar-refractivity contribution in [2.24, 2.45) is 5.73 Å². The van der Waals surface area contributed by atoms with Gasteiger partial charge in [0.2, 0.25) is 5.91 Å². The Kier molecular flexibility index (Phi) is 5.58. The van der Waals surface area contributed by atoms with Gasteiger partial charge < -0.3 is 15.6 Å². The molecule has 1 aromatic rings. The van der Waals surface area contributed by atoms with Crippen molar-refractivity contribution in [1.29, 1.82) is 0 Å². The Balaban J connectivity index is 0.00000162. The molecule has 1 aromatic heterocycles. The number of carbonyl (C=O) groups excluding carboxylic acids is 1. The zero-order valence-electron chi connectivity index (χ0n) is 10.4. The van der Waals surface area contributed by atoms with Crippen LogP contribution in [0.1, 0.15) is 18.6 Å². The number of nitrogens with zero attached hydrogens (tertiary/aromatic N) is 2. The summed E-state index contributed by atoms with van der Waals surface area (Å²) in [5, 5.41) is 6.42. The Morgan fingerprint density at radius 2 is 2.28 bits per heavy atom. The van der Waals surface area contributed by atoms with Gasteiger partial charge in [-0.15, -0.1) is 12.4 Å². The molecular weight excluding hydrogens is 256 g/mol. The van der Waals surface area contributed by atoms with E-state index in [2.05, 4.69) is 15.4 Å². The first-order valence-electron chi connectivity index (χ1n) is 5.84. The molecule has 2 heterocycles. The topological polar surface area (TPSA) is 84.4 Å². The quantitative estimate of drug-likeness (QED) is 0.850. The number of halogens is 1. The minimum absolute atomic E-state index is 0. The Labute approximate surface area is 112 Å². The molecule has 0 unspecified atom stereocenters. The number of aryl methyl sites for hydroxylation is 1. The first-order chi connectivity index (χ1) is 8.13. The van der Waals surface area contributed by atoms with Crippen molar-refractivity contribution >= 4 is 24.1 Å². The molecule has 1 saturated heterocycles. The zero-order chi connectivity index (χ0) is 12.3. The monoisotopic (exact) mass is 274 g/mol. The number of nitrogens with two attached hydrogens (primary N) is 1. The lowest BCUT2D eigenvalue weighted by Crippen LogP contribution is -2.43. The highest BCUT2D eigenvalue weighted by atomic mass is 35.5. The lowest BCUT2D eigenvalue weighted by atomic mass is 10.1. The van der Waals surface area contributed by atoms with Crippen LogP contribution in [0.25, 0.3) is 0 Å². The van der Waals surface area contributed by atoms with E-state index in [-0.39, 0.29) is 24.4 Å². The number of nitrogens with one attached hydrogen (secondary N) is 1. The standard InChI is InChI=1S/C11H18N4O2.ClH/c1-8-6-10(14-17-8)13-11(16)7-15-4-2-9(12)3-5-15;/h6,9H,2-5,7,12H2,1H3,(H,13,14,16);1H. The molecule has 0 bridgehead atoms. The number of hydrogen-bond donors (Lipinski definition) is 2. The second-order valence-corrected chi connectivity index (χ2v) is 4.48. The summed E-state index contributed by atoms with van der Waals surface area (Å²) in [6.45, 7) is 3.94. The maximum absolute atomic E-state index is 11.7. The first-order valence-corrected chi connectivity index (χ1v) is 5.84. The average Bonchev–Trinajstić information content (AvgIpc) is 2.67. The number of carbonyl (C=O) groups is 1. The first kappa shape index (κ1) is 14.9. The molecule has 0 atom stereocenters. The number of hydrogen-bond acceptors (Lipinski definition) is 5. The summed E-state index contributed by atoms with van der Waals surface area (Å²) >= 11 is 0. The summed E-state index contributed by atoms with van der Waals surface area (Å²) in [5.41, 5.74) is 5.80. The van der Waals surface area contributed by atoms with Crippen molar-refractivity contribution in [2.45, 2.75) is 25.8 Å². The maximum atomic E-state index is 11.7. The minimum atomic E-state index is -0.0613. The third-order valence-electron chi connectivity index (χ3n) is 2.89. The van der Waals surface area contributed by atoms with Crippen molar-refractivity contribution in [3.8, 4) is 0 Å². The van der Waals surface area contributed by atoms with Crippen LogP contribution in [-0.4, -0.2) is 41.6 Å². The fourth-order valence-electron chi connectivity index (χ4n) is 1.92. The van der Waals surface area contributed by atoms with Crippen LogP contribution >= 0.6 is 12.4 Å². The molecule has 18 heavy (non-hydrogen) atoms. The summed E-state index contributed by atoms with van der Waals surface area (Å²) < 4.78 is 4.87. The summed E-state index contributed by atoms with van der Waals surface area (Å²) in [5.74, 6) is 1.10. The molecule has 1 amide bonds. The van der Waals surface area contributed by atoms with E-state index < -0.39 is 0 Å². The van der Waals surface area contributed by atoms with Gasteiger partial charge in [-0.1, -0.05) is 5.16 Å². The number of rotatable bonds is 3. The molecule has 7 heteroatoms. The molecule has 6 nitrogen and oxygen atoms in total. The molecule has 0 spiro atoms. The SMILES string of the molecule is Cc1cc(NC(=O)CN2CCC(N)CC2)no1.Cl. The van der Waals surface area contributed by atoms with Crippen LogP contribution in [0.3, 0.4) is 0 Å². The number of anilines is 1. The number of amides is 1. The van der Waals surface area contributed by atoms with E-state index in [4.69, 9.17) is 10.3 Å². The van der Waals surface area contributed by atoms with Gasteiger partial charge in [0.25, 0.3) is 0 Å². The van der Waals surface area contributed by atoms with Crippen LogP contribution in [0.15, 0.2) is 10.6 Å². The second-order valence-electron chi connectivity index (χ2n) is 4.48. The van der Waals surface area contributed by atoms with Gasteiger partial charge in [-0.25, -0.2) is 0 Å².